The molecule has 0 saturated carbocycles. The fraction of sp³-hybridized carbons (Fsp3) is 0.345. The Bertz CT molecular complexity index is 1400. The van der Waals surface area contributed by atoms with Crippen LogP contribution >= 0.6 is 0 Å². The predicted molar refractivity (Wildman–Crippen MR) is 138 cm³/mol. The Kier molecular flexibility index (Phi) is 5.51. The zero-order valence-corrected chi connectivity index (χ0v) is 20.4. The maximum Gasteiger partial charge on any atom is 0.223 e. The Morgan fingerprint density at radius 1 is 1.00 bits per heavy atom. The molecule has 1 fully saturated rings. The lowest BCUT2D eigenvalue weighted by Gasteiger charge is -2.33. The first-order chi connectivity index (χ1) is 17.1. The first-order valence-corrected chi connectivity index (χ1v) is 12.6. The van der Waals surface area contributed by atoms with Crippen molar-refractivity contribution in [1.29, 1.82) is 0 Å². The number of nitrogens with one attached hydrogen (secondary N) is 1. The van der Waals surface area contributed by atoms with Crippen molar-refractivity contribution in [2.24, 2.45) is 5.92 Å². The Morgan fingerprint density at radius 3 is 2.66 bits per heavy atom. The number of hydrogen-bond acceptors (Lipinski definition) is 4. The maximum absolute atomic E-state index is 13.1. The van der Waals surface area contributed by atoms with Crippen molar-refractivity contribution in [1.82, 2.24) is 19.9 Å². The van der Waals surface area contributed by atoms with Gasteiger partial charge in [0.25, 0.3) is 0 Å². The molecule has 6 heteroatoms. The SMILES string of the molecule is Cc1ccc(-c2cc3c(N4CCC(C(=O)N[C@H]5CCc6ccccc65)CC4)nccn3n2)cc1C. The normalized spacial score (nSPS) is 18.1. The van der Waals surface area contributed by atoms with Crippen LogP contribution in [-0.4, -0.2) is 33.6 Å². The summed E-state index contributed by atoms with van der Waals surface area (Å²) in [6.07, 6.45) is 7.44. The van der Waals surface area contributed by atoms with Gasteiger partial charge in [-0.05, 0) is 73.9 Å². The third kappa shape index (κ3) is 4.07. The second kappa shape index (κ2) is 8.84. The standard InChI is InChI=1S/C29H31N5O/c1-19-7-8-23(17-20(19)2)26-18-27-28(30-13-16-34(27)32-26)33-14-11-22(12-15-33)29(35)31-25-10-9-21-5-3-4-6-24(21)25/h3-8,13,16-18,22,25H,9-12,14-15H2,1-2H3,(H,31,35)/t25-/m0/s1. The maximum atomic E-state index is 13.1. The van der Waals surface area contributed by atoms with Crippen LogP contribution in [0.1, 0.15) is 47.6 Å². The van der Waals surface area contributed by atoms with E-state index in [0.29, 0.717) is 0 Å². The molecule has 3 heterocycles. The zero-order valence-electron chi connectivity index (χ0n) is 20.4. The molecule has 1 aliphatic heterocycles. The van der Waals surface area contributed by atoms with E-state index in [4.69, 9.17) is 10.1 Å². The summed E-state index contributed by atoms with van der Waals surface area (Å²) < 4.78 is 1.92. The van der Waals surface area contributed by atoms with Crippen LogP contribution in [-0.2, 0) is 11.2 Å². The fourth-order valence-electron chi connectivity index (χ4n) is 5.54. The number of rotatable bonds is 4. The molecule has 2 aliphatic rings. The Hall–Kier alpha value is -3.67. The first-order valence-electron chi connectivity index (χ1n) is 12.6. The van der Waals surface area contributed by atoms with E-state index in [0.717, 1.165) is 61.4 Å². The van der Waals surface area contributed by atoms with Gasteiger partial charge in [-0.2, -0.15) is 5.10 Å². The van der Waals surface area contributed by atoms with Crippen molar-refractivity contribution in [3.63, 3.8) is 0 Å². The van der Waals surface area contributed by atoms with Crippen LogP contribution in [0.15, 0.2) is 60.9 Å². The van der Waals surface area contributed by atoms with Crippen LogP contribution in [0.3, 0.4) is 0 Å². The third-order valence-electron chi connectivity index (χ3n) is 7.79. The highest BCUT2D eigenvalue weighted by Gasteiger charge is 2.30. The second-order valence-corrected chi connectivity index (χ2v) is 9.97. The van der Waals surface area contributed by atoms with E-state index in [1.807, 2.05) is 16.9 Å². The molecular formula is C29H31N5O. The summed E-state index contributed by atoms with van der Waals surface area (Å²) in [4.78, 5) is 20.1. The van der Waals surface area contributed by atoms with E-state index in [9.17, 15) is 4.79 Å². The first kappa shape index (κ1) is 21.8. The average Bonchev–Trinajstić information content (AvgIpc) is 3.50. The molecule has 1 saturated heterocycles. The lowest BCUT2D eigenvalue weighted by Crippen LogP contribution is -2.41. The molecular weight excluding hydrogens is 434 g/mol. The van der Waals surface area contributed by atoms with Gasteiger partial charge in [-0.1, -0.05) is 36.4 Å². The van der Waals surface area contributed by atoms with E-state index in [-0.39, 0.29) is 17.9 Å². The van der Waals surface area contributed by atoms with Crippen LogP contribution in [0.5, 0.6) is 0 Å². The van der Waals surface area contributed by atoms with Crippen LogP contribution < -0.4 is 10.2 Å². The second-order valence-electron chi connectivity index (χ2n) is 9.97. The highest BCUT2D eigenvalue weighted by Crippen LogP contribution is 2.32. The molecule has 6 rings (SSSR count). The summed E-state index contributed by atoms with van der Waals surface area (Å²) in [5, 5.41) is 8.15. The van der Waals surface area contributed by atoms with Gasteiger partial charge in [-0.15, -0.1) is 0 Å². The molecule has 6 nitrogen and oxygen atoms in total. The third-order valence-corrected chi connectivity index (χ3v) is 7.79. The van der Waals surface area contributed by atoms with E-state index in [2.05, 4.69) is 72.6 Å². The largest absolute Gasteiger partial charge is 0.355 e. The number of hydrogen-bond donors (Lipinski definition) is 1. The van der Waals surface area contributed by atoms with Gasteiger partial charge < -0.3 is 10.2 Å². The molecule has 2 aromatic heterocycles. The minimum absolute atomic E-state index is 0.0507. The van der Waals surface area contributed by atoms with Gasteiger partial charge >= 0.3 is 0 Å². The van der Waals surface area contributed by atoms with Crippen molar-refractivity contribution in [2.45, 2.75) is 45.6 Å². The topological polar surface area (TPSA) is 62.5 Å². The lowest BCUT2D eigenvalue weighted by molar-refractivity contribution is -0.126. The molecule has 35 heavy (non-hydrogen) atoms. The van der Waals surface area contributed by atoms with Crippen molar-refractivity contribution in [3.05, 3.63) is 83.2 Å². The molecule has 1 N–H and O–H groups in total. The number of piperidine rings is 1. The van der Waals surface area contributed by atoms with Crippen LogP contribution in [0, 0.1) is 19.8 Å². The zero-order chi connectivity index (χ0) is 23.9. The smallest absolute Gasteiger partial charge is 0.223 e. The lowest BCUT2D eigenvalue weighted by atomic mass is 9.95. The summed E-state index contributed by atoms with van der Waals surface area (Å²) in [5.74, 6) is 1.19. The van der Waals surface area contributed by atoms with Gasteiger partial charge in [0, 0.05) is 37.0 Å². The summed E-state index contributed by atoms with van der Waals surface area (Å²) >= 11 is 0. The average molecular weight is 466 g/mol. The van der Waals surface area contributed by atoms with Crippen molar-refractivity contribution < 1.29 is 4.79 Å². The number of carbonyl (C=O) groups excluding carboxylic acids is 1. The molecule has 1 atom stereocenters. The van der Waals surface area contributed by atoms with Crippen molar-refractivity contribution in [3.8, 4) is 11.3 Å². The number of aromatic nitrogens is 3. The van der Waals surface area contributed by atoms with Gasteiger partial charge in [0.05, 0.1) is 11.7 Å². The van der Waals surface area contributed by atoms with Gasteiger partial charge in [0.15, 0.2) is 5.82 Å². The van der Waals surface area contributed by atoms with Gasteiger partial charge in [-0.3, -0.25) is 4.79 Å². The molecule has 0 bridgehead atoms. The Morgan fingerprint density at radius 2 is 1.83 bits per heavy atom. The summed E-state index contributed by atoms with van der Waals surface area (Å²) in [6, 6.07) is 17.2. The van der Waals surface area contributed by atoms with E-state index in [1.165, 1.54) is 22.3 Å². The summed E-state index contributed by atoms with van der Waals surface area (Å²) in [5.41, 5.74) is 8.27. The molecule has 1 aliphatic carbocycles. The number of nitrogens with zero attached hydrogens (tertiary/aromatic N) is 4. The van der Waals surface area contributed by atoms with Gasteiger partial charge in [0.1, 0.15) is 5.52 Å². The molecule has 0 unspecified atom stereocenters. The number of amides is 1. The highest BCUT2D eigenvalue weighted by atomic mass is 16.2. The Balaban J connectivity index is 1.15. The number of benzene rings is 2. The minimum Gasteiger partial charge on any atom is -0.355 e. The molecule has 0 radical (unpaired) electrons. The summed E-state index contributed by atoms with van der Waals surface area (Å²) in [7, 11) is 0. The fourth-order valence-corrected chi connectivity index (χ4v) is 5.54. The molecule has 1 amide bonds. The van der Waals surface area contributed by atoms with E-state index in [1.54, 1.807) is 0 Å². The number of anilines is 1. The monoisotopic (exact) mass is 465 g/mol. The van der Waals surface area contributed by atoms with Gasteiger partial charge in [0.2, 0.25) is 5.91 Å². The van der Waals surface area contributed by atoms with E-state index < -0.39 is 0 Å². The quantitative estimate of drug-likeness (QED) is 0.459. The predicted octanol–water partition coefficient (Wildman–Crippen LogP) is 5.03. The molecule has 2 aromatic carbocycles. The number of carbonyl (C=O) groups is 1. The van der Waals surface area contributed by atoms with Crippen LogP contribution in [0.25, 0.3) is 16.8 Å². The Labute approximate surface area is 206 Å². The summed E-state index contributed by atoms with van der Waals surface area (Å²) in [6.45, 7) is 5.89. The number of aryl methyl sites for hydroxylation is 3. The minimum atomic E-state index is 0.0507. The number of fused-ring (bicyclic) bond motifs is 2. The van der Waals surface area contributed by atoms with Crippen molar-refractivity contribution in [2.75, 3.05) is 18.0 Å². The molecule has 178 valence electrons. The van der Waals surface area contributed by atoms with E-state index >= 15 is 0 Å². The molecule has 0 spiro atoms. The van der Waals surface area contributed by atoms with Crippen LogP contribution in [0.4, 0.5) is 5.82 Å². The van der Waals surface area contributed by atoms with Gasteiger partial charge in [-0.25, -0.2) is 9.50 Å². The highest BCUT2D eigenvalue weighted by molar-refractivity contribution is 5.80. The van der Waals surface area contributed by atoms with Crippen LogP contribution in [0.2, 0.25) is 0 Å². The van der Waals surface area contributed by atoms with Crippen molar-refractivity contribution >= 4 is 17.2 Å². The molecule has 4 aromatic rings.